The number of hydrogen-bond acceptors (Lipinski definition) is 5. The van der Waals surface area contributed by atoms with Crippen molar-refractivity contribution in [1.29, 1.82) is 0 Å². The average molecular weight is 441 g/mol. The van der Waals surface area contributed by atoms with Gasteiger partial charge in [-0.05, 0) is 24.6 Å². The van der Waals surface area contributed by atoms with Crippen LogP contribution in [0.25, 0.3) is 0 Å². The second-order valence-corrected chi connectivity index (χ2v) is 8.91. The second kappa shape index (κ2) is 8.82. The quantitative estimate of drug-likeness (QED) is 0.613. The highest BCUT2D eigenvalue weighted by Crippen LogP contribution is 2.28. The van der Waals surface area contributed by atoms with Crippen LogP contribution in [-0.2, 0) is 11.1 Å². The third-order valence-electron chi connectivity index (χ3n) is 5.95. The van der Waals surface area contributed by atoms with Gasteiger partial charge in [-0.25, -0.2) is 4.21 Å². The molecule has 1 fully saturated rings. The van der Waals surface area contributed by atoms with Gasteiger partial charge >= 0.3 is 0 Å². The zero-order chi connectivity index (χ0) is 22.1. The summed E-state index contributed by atoms with van der Waals surface area (Å²) in [6, 6.07) is 11.4. The van der Waals surface area contributed by atoms with Crippen molar-refractivity contribution in [2.24, 2.45) is 0 Å². The molecule has 162 valence electrons. The van der Waals surface area contributed by atoms with E-state index in [0.717, 1.165) is 6.42 Å². The third kappa shape index (κ3) is 3.98. The number of hydrogen-bond donors (Lipinski definition) is 1. The predicted octanol–water partition coefficient (Wildman–Crippen LogP) is 2.57. The molecule has 31 heavy (non-hydrogen) atoms. The third-order valence-corrected chi connectivity index (χ3v) is 6.95. The Balaban J connectivity index is 1.52. The van der Waals surface area contributed by atoms with E-state index >= 15 is 0 Å². The lowest BCUT2D eigenvalue weighted by molar-refractivity contribution is 0.0614. The van der Waals surface area contributed by atoms with Gasteiger partial charge in [0.15, 0.2) is 22.6 Å². The molecule has 1 aliphatic heterocycles. The summed E-state index contributed by atoms with van der Waals surface area (Å²) in [6.07, 6.45) is 1.43. The number of amides is 1. The number of fused-ring (bicyclic) bond motifs is 2. The van der Waals surface area contributed by atoms with Crippen LogP contribution in [0.2, 0.25) is 0 Å². The molecule has 1 N–H and O–H groups in total. The molecule has 0 radical (unpaired) electrons. The number of nitrogens with zero attached hydrogens (tertiary/aromatic N) is 2. The van der Waals surface area contributed by atoms with Crippen molar-refractivity contribution < 1.29 is 23.1 Å². The van der Waals surface area contributed by atoms with E-state index < -0.39 is 16.5 Å². The number of ketones is 2. The molecule has 0 spiro atoms. The van der Waals surface area contributed by atoms with Crippen LogP contribution in [0.15, 0.2) is 42.5 Å². The Morgan fingerprint density at radius 2 is 1.55 bits per heavy atom. The number of carbonyl (C=O) groups is 3. The summed E-state index contributed by atoms with van der Waals surface area (Å²) in [5, 5.41) is -0.422. The largest absolute Gasteiger partial charge is 0.336 e. The Bertz CT molecular complexity index is 1080. The summed E-state index contributed by atoms with van der Waals surface area (Å²) in [6.45, 7) is 3.86. The smallest absolute Gasteiger partial charge is 0.253 e. The summed E-state index contributed by atoms with van der Waals surface area (Å²) in [4.78, 5) is 42.4. The van der Waals surface area contributed by atoms with Gasteiger partial charge in [-0.1, -0.05) is 37.6 Å². The minimum Gasteiger partial charge on any atom is -0.336 e. The van der Waals surface area contributed by atoms with Crippen LogP contribution < -0.4 is 0 Å². The van der Waals surface area contributed by atoms with Gasteiger partial charge in [0.1, 0.15) is 5.37 Å². The molecule has 1 aliphatic carbocycles. The lowest BCUT2D eigenvalue weighted by atomic mass is 9.83. The molecule has 4 rings (SSSR count). The molecule has 0 saturated carbocycles. The molecule has 1 saturated heterocycles. The molecule has 0 aromatic heterocycles. The summed E-state index contributed by atoms with van der Waals surface area (Å²) in [5.74, 6) is -0.673. The maximum absolute atomic E-state index is 13.1. The Morgan fingerprint density at radius 3 is 2.13 bits per heavy atom. The van der Waals surface area contributed by atoms with E-state index in [-0.39, 0.29) is 23.0 Å². The van der Waals surface area contributed by atoms with Crippen molar-refractivity contribution in [3.8, 4) is 0 Å². The zero-order valence-corrected chi connectivity index (χ0v) is 18.1. The van der Waals surface area contributed by atoms with Gasteiger partial charge in [0.2, 0.25) is 0 Å². The first-order valence-corrected chi connectivity index (χ1v) is 11.5. The van der Waals surface area contributed by atoms with Gasteiger partial charge in [-0.3, -0.25) is 19.3 Å². The maximum atomic E-state index is 13.1. The molecule has 2 atom stereocenters. The fourth-order valence-electron chi connectivity index (χ4n) is 4.29. The average Bonchev–Trinajstić information content (AvgIpc) is 2.80. The molecule has 2 unspecified atom stereocenters. The van der Waals surface area contributed by atoms with Crippen molar-refractivity contribution >= 4 is 28.6 Å². The summed E-state index contributed by atoms with van der Waals surface area (Å²) in [5.41, 5.74) is 1.68. The van der Waals surface area contributed by atoms with Gasteiger partial charge in [0, 0.05) is 54.0 Å². The van der Waals surface area contributed by atoms with Crippen molar-refractivity contribution in [3.05, 3.63) is 70.3 Å². The van der Waals surface area contributed by atoms with Crippen LogP contribution in [-0.4, -0.2) is 67.6 Å². The summed E-state index contributed by atoms with van der Waals surface area (Å²) >= 11 is -1.93. The van der Waals surface area contributed by atoms with E-state index in [2.05, 4.69) is 0 Å². The molecular formula is C23H24N2O5S. The van der Waals surface area contributed by atoms with Crippen LogP contribution >= 0.6 is 0 Å². The highest BCUT2D eigenvalue weighted by molar-refractivity contribution is 7.79. The lowest BCUT2D eigenvalue weighted by Gasteiger charge is -2.38. The molecule has 2 aromatic rings. The lowest BCUT2D eigenvalue weighted by Crippen LogP contribution is -2.53. The van der Waals surface area contributed by atoms with Gasteiger partial charge in [0.25, 0.3) is 5.91 Å². The van der Waals surface area contributed by atoms with Crippen LogP contribution in [0.3, 0.4) is 0 Å². The van der Waals surface area contributed by atoms with Crippen LogP contribution in [0, 0.1) is 0 Å². The summed E-state index contributed by atoms with van der Waals surface area (Å²) < 4.78 is 21.2. The Kier molecular flexibility index (Phi) is 6.13. The topological polar surface area (TPSA) is 95.0 Å². The Hall–Kier alpha value is -2.68. The van der Waals surface area contributed by atoms with E-state index in [4.69, 9.17) is 0 Å². The zero-order valence-electron chi connectivity index (χ0n) is 17.2. The van der Waals surface area contributed by atoms with Crippen molar-refractivity contribution in [2.75, 3.05) is 26.2 Å². The molecule has 2 aromatic carbocycles. The van der Waals surface area contributed by atoms with E-state index in [1.54, 1.807) is 41.3 Å². The molecule has 7 nitrogen and oxygen atoms in total. The molecule has 1 heterocycles. The molecule has 8 heteroatoms. The van der Waals surface area contributed by atoms with Crippen LogP contribution in [0.5, 0.6) is 0 Å². The van der Waals surface area contributed by atoms with Crippen molar-refractivity contribution in [1.82, 2.24) is 9.80 Å². The van der Waals surface area contributed by atoms with Gasteiger partial charge in [-0.2, -0.15) is 0 Å². The molecule has 1 amide bonds. The normalized spacial score (nSPS) is 18.3. The standard InChI is InChI=1S/C23H24N2O5S/c1-2-5-20(31(29)30)24-10-12-25(13-11-24)23(28)15-8-9-18-19(14-15)22(27)17-7-4-3-6-16(17)21(18)26/h3-4,6-9,14,20H,2,5,10-13H2,1H3,(H,29,30). The fourth-order valence-corrected chi connectivity index (χ4v) is 5.19. The van der Waals surface area contributed by atoms with E-state index in [0.29, 0.717) is 54.9 Å². The predicted molar refractivity (Wildman–Crippen MR) is 117 cm³/mol. The number of rotatable bonds is 5. The SMILES string of the molecule is CCCC(N1CCN(C(=O)c2ccc3c(c2)C(=O)c2ccccc2C3=O)CC1)S(=O)O. The minimum atomic E-state index is -1.93. The van der Waals surface area contributed by atoms with E-state index in [1.165, 1.54) is 6.07 Å². The van der Waals surface area contributed by atoms with Crippen LogP contribution in [0.1, 0.15) is 62.0 Å². The molecular weight excluding hydrogens is 416 g/mol. The maximum Gasteiger partial charge on any atom is 0.253 e. The number of piperazine rings is 1. The molecule has 0 bridgehead atoms. The minimum absolute atomic E-state index is 0.210. The molecule has 2 aliphatic rings. The summed E-state index contributed by atoms with van der Waals surface area (Å²) in [7, 11) is 0. The Morgan fingerprint density at radius 1 is 0.968 bits per heavy atom. The first-order valence-electron chi connectivity index (χ1n) is 10.4. The van der Waals surface area contributed by atoms with Gasteiger partial charge in [-0.15, -0.1) is 0 Å². The van der Waals surface area contributed by atoms with Gasteiger partial charge < -0.3 is 9.45 Å². The number of carbonyl (C=O) groups excluding carboxylic acids is 3. The monoisotopic (exact) mass is 440 g/mol. The van der Waals surface area contributed by atoms with Crippen molar-refractivity contribution in [3.63, 3.8) is 0 Å². The fraction of sp³-hybridized carbons (Fsp3) is 0.348. The van der Waals surface area contributed by atoms with Crippen LogP contribution in [0.4, 0.5) is 0 Å². The highest BCUT2D eigenvalue weighted by atomic mass is 32.2. The van der Waals surface area contributed by atoms with Gasteiger partial charge in [0.05, 0.1) is 0 Å². The van der Waals surface area contributed by atoms with E-state index in [1.807, 2.05) is 11.8 Å². The first kappa shape index (κ1) is 21.5. The Labute approximate surface area is 183 Å². The highest BCUT2D eigenvalue weighted by Gasteiger charge is 2.32. The number of benzene rings is 2. The second-order valence-electron chi connectivity index (χ2n) is 7.81. The van der Waals surface area contributed by atoms with Crippen molar-refractivity contribution in [2.45, 2.75) is 25.1 Å². The van der Waals surface area contributed by atoms with E-state index in [9.17, 15) is 23.1 Å². The first-order chi connectivity index (χ1) is 14.9.